The predicted molar refractivity (Wildman–Crippen MR) is 84.4 cm³/mol. The van der Waals surface area contributed by atoms with Crippen LogP contribution < -0.4 is 10.6 Å². The molecule has 1 amide bonds. The lowest BCUT2D eigenvalue weighted by atomic mass is 10.1. The van der Waals surface area contributed by atoms with Crippen LogP contribution in [0.4, 0.5) is 5.82 Å². The van der Waals surface area contributed by atoms with Gasteiger partial charge in [-0.1, -0.05) is 0 Å². The fourth-order valence-electron chi connectivity index (χ4n) is 1.57. The average molecular weight is 372 g/mol. The molecule has 2 N–H and O–H groups in total. The number of likely N-dealkylation sites (N-methyl/N-ethyl adjacent to an activating group) is 1. The largest absolute Gasteiger partial charge is 0.314 e. The van der Waals surface area contributed by atoms with Crippen LogP contribution in [-0.2, 0) is 4.79 Å². The number of aromatic nitrogens is 1. The van der Waals surface area contributed by atoms with E-state index in [1.165, 1.54) is 0 Å². The minimum atomic E-state index is -0.0331. The summed E-state index contributed by atoms with van der Waals surface area (Å²) in [4.78, 5) is 17.9. The van der Waals surface area contributed by atoms with Crippen LogP contribution in [-0.4, -0.2) is 48.5 Å². The van der Waals surface area contributed by atoms with Crippen molar-refractivity contribution in [3.63, 3.8) is 0 Å². The average Bonchev–Trinajstić information content (AvgIpc) is 2.18. The molecule has 2 rings (SSSR count). The van der Waals surface area contributed by atoms with Crippen molar-refractivity contribution in [2.75, 3.05) is 32.0 Å². The maximum absolute atomic E-state index is 11.7. The molecule has 8 heteroatoms. The van der Waals surface area contributed by atoms with E-state index in [4.69, 9.17) is 0 Å². The van der Waals surface area contributed by atoms with Gasteiger partial charge in [-0.25, -0.2) is 4.98 Å². The molecular weight excluding hydrogens is 355 g/mol. The molecule has 0 saturated carbocycles. The summed E-state index contributed by atoms with van der Waals surface area (Å²) >= 11 is 3.30. The first-order valence-corrected chi connectivity index (χ1v) is 6.27. The van der Waals surface area contributed by atoms with E-state index in [0.717, 1.165) is 17.6 Å². The maximum atomic E-state index is 11.7. The lowest BCUT2D eigenvalue weighted by Gasteiger charge is -2.35. The Hall–Kier alpha value is -0.400. The van der Waals surface area contributed by atoms with Gasteiger partial charge in [0, 0.05) is 29.8 Å². The fourth-order valence-corrected chi connectivity index (χ4v) is 1.81. The molecule has 108 valence electrons. The Morgan fingerprint density at radius 3 is 2.68 bits per heavy atom. The van der Waals surface area contributed by atoms with Crippen molar-refractivity contribution in [3.8, 4) is 0 Å². The highest BCUT2D eigenvalue weighted by molar-refractivity contribution is 9.10. The molecule has 1 saturated heterocycles. The topological polar surface area (TPSA) is 57.3 Å². The van der Waals surface area contributed by atoms with Crippen LogP contribution in [0.5, 0.6) is 0 Å². The molecule has 1 aliphatic rings. The second kappa shape index (κ2) is 8.71. The van der Waals surface area contributed by atoms with Crippen molar-refractivity contribution in [1.29, 1.82) is 0 Å². The second-order valence-electron chi connectivity index (χ2n) is 4.14. The number of amides is 1. The normalized spacial score (nSPS) is 14.1. The van der Waals surface area contributed by atoms with Crippen LogP contribution in [0.2, 0.25) is 0 Å². The zero-order chi connectivity index (χ0) is 12.3. The molecule has 1 aromatic rings. The summed E-state index contributed by atoms with van der Waals surface area (Å²) < 4.78 is 0.896. The Labute approximate surface area is 133 Å². The van der Waals surface area contributed by atoms with Crippen LogP contribution in [0.1, 0.15) is 0 Å². The molecule has 1 aliphatic heterocycles. The van der Waals surface area contributed by atoms with Gasteiger partial charge in [-0.05, 0) is 35.1 Å². The number of nitrogens with zero attached hydrogens (tertiary/aromatic N) is 2. The minimum Gasteiger partial charge on any atom is -0.314 e. The van der Waals surface area contributed by atoms with Gasteiger partial charge in [0.05, 0.1) is 6.54 Å². The Morgan fingerprint density at radius 2 is 2.21 bits per heavy atom. The SMILES string of the molecule is CN(CC(=O)Nc1ccc(Br)cn1)C1CNC1.Cl.Cl. The third-order valence-electron chi connectivity index (χ3n) is 2.77. The van der Waals surface area contributed by atoms with Gasteiger partial charge < -0.3 is 10.6 Å². The summed E-state index contributed by atoms with van der Waals surface area (Å²) in [5.74, 6) is 0.549. The minimum absolute atomic E-state index is 0. The Balaban J connectivity index is 0.00000162. The fraction of sp³-hybridized carbons (Fsp3) is 0.455. The van der Waals surface area contributed by atoms with Gasteiger partial charge in [0.2, 0.25) is 5.91 Å². The lowest BCUT2D eigenvalue weighted by molar-refractivity contribution is -0.117. The molecule has 19 heavy (non-hydrogen) atoms. The summed E-state index contributed by atoms with van der Waals surface area (Å²) in [6, 6.07) is 4.09. The number of nitrogens with one attached hydrogen (secondary N) is 2. The Kier molecular flexibility index (Phi) is 8.52. The molecule has 1 fully saturated rings. The first-order valence-electron chi connectivity index (χ1n) is 5.47. The van der Waals surface area contributed by atoms with Crippen LogP contribution in [0, 0.1) is 0 Å². The van der Waals surface area contributed by atoms with Gasteiger partial charge in [0.1, 0.15) is 5.82 Å². The third-order valence-corrected chi connectivity index (χ3v) is 3.24. The van der Waals surface area contributed by atoms with Crippen LogP contribution >= 0.6 is 40.7 Å². The van der Waals surface area contributed by atoms with E-state index in [0.29, 0.717) is 18.4 Å². The van der Waals surface area contributed by atoms with Gasteiger partial charge >= 0.3 is 0 Å². The van der Waals surface area contributed by atoms with Crippen molar-refractivity contribution in [1.82, 2.24) is 15.2 Å². The third kappa shape index (κ3) is 5.62. The van der Waals surface area contributed by atoms with Gasteiger partial charge in [-0.3, -0.25) is 9.69 Å². The first kappa shape index (κ1) is 18.6. The number of pyridine rings is 1. The molecule has 0 unspecified atom stereocenters. The molecule has 1 aromatic heterocycles. The highest BCUT2D eigenvalue weighted by Crippen LogP contribution is 2.10. The summed E-state index contributed by atoms with van der Waals surface area (Å²) in [6.07, 6.45) is 1.66. The highest BCUT2D eigenvalue weighted by atomic mass is 79.9. The van der Waals surface area contributed by atoms with E-state index in [1.807, 2.05) is 18.0 Å². The van der Waals surface area contributed by atoms with Gasteiger partial charge in [-0.15, -0.1) is 24.8 Å². The van der Waals surface area contributed by atoms with Gasteiger partial charge in [0.15, 0.2) is 0 Å². The first-order chi connectivity index (χ1) is 8.15. The Morgan fingerprint density at radius 1 is 1.53 bits per heavy atom. The standard InChI is InChI=1S/C11H15BrN4O.2ClH/c1-16(9-5-13-6-9)7-11(17)15-10-3-2-8(12)4-14-10;;/h2-4,9,13H,5-7H2,1H3,(H,14,15,17);2*1H. The van der Waals surface area contributed by atoms with Crippen LogP contribution in [0.25, 0.3) is 0 Å². The zero-order valence-electron chi connectivity index (χ0n) is 10.4. The van der Waals surface area contributed by atoms with E-state index >= 15 is 0 Å². The molecule has 0 atom stereocenters. The maximum Gasteiger partial charge on any atom is 0.239 e. The van der Waals surface area contributed by atoms with Gasteiger partial charge in [0.25, 0.3) is 0 Å². The summed E-state index contributed by atoms with van der Waals surface area (Å²) in [5, 5.41) is 5.95. The van der Waals surface area contributed by atoms with E-state index in [9.17, 15) is 4.79 Å². The number of anilines is 1. The van der Waals surface area contributed by atoms with Crippen molar-refractivity contribution >= 4 is 52.5 Å². The summed E-state index contributed by atoms with van der Waals surface area (Å²) in [7, 11) is 1.96. The number of carbonyl (C=O) groups excluding carboxylic acids is 1. The molecule has 0 bridgehead atoms. The summed E-state index contributed by atoms with van der Waals surface area (Å²) in [5.41, 5.74) is 0. The molecular formula is C11H17BrCl2N4O. The van der Waals surface area contributed by atoms with E-state index in [-0.39, 0.29) is 30.7 Å². The van der Waals surface area contributed by atoms with E-state index < -0.39 is 0 Å². The Bertz CT molecular complexity index is 400. The second-order valence-corrected chi connectivity index (χ2v) is 5.05. The van der Waals surface area contributed by atoms with E-state index in [1.54, 1.807) is 12.3 Å². The van der Waals surface area contributed by atoms with E-state index in [2.05, 4.69) is 31.5 Å². The molecule has 0 spiro atoms. The van der Waals surface area contributed by atoms with Crippen molar-refractivity contribution < 1.29 is 4.79 Å². The number of carbonyl (C=O) groups is 1. The predicted octanol–water partition coefficient (Wildman–Crippen LogP) is 1.53. The van der Waals surface area contributed by atoms with Crippen molar-refractivity contribution in [2.24, 2.45) is 0 Å². The van der Waals surface area contributed by atoms with Crippen LogP contribution in [0.3, 0.4) is 0 Å². The monoisotopic (exact) mass is 370 g/mol. The number of hydrogen-bond donors (Lipinski definition) is 2. The lowest BCUT2D eigenvalue weighted by Crippen LogP contribution is -2.57. The quantitative estimate of drug-likeness (QED) is 0.842. The number of rotatable bonds is 4. The molecule has 2 heterocycles. The highest BCUT2D eigenvalue weighted by Gasteiger charge is 2.22. The summed E-state index contributed by atoms with van der Waals surface area (Å²) in [6.45, 7) is 2.31. The van der Waals surface area contributed by atoms with Crippen molar-refractivity contribution in [2.45, 2.75) is 6.04 Å². The molecule has 0 aromatic carbocycles. The van der Waals surface area contributed by atoms with Crippen LogP contribution in [0.15, 0.2) is 22.8 Å². The van der Waals surface area contributed by atoms with Crippen molar-refractivity contribution in [3.05, 3.63) is 22.8 Å². The number of hydrogen-bond acceptors (Lipinski definition) is 4. The molecule has 0 radical (unpaired) electrons. The number of halogens is 3. The molecule has 5 nitrogen and oxygen atoms in total. The molecule has 0 aliphatic carbocycles. The van der Waals surface area contributed by atoms with Gasteiger partial charge in [-0.2, -0.15) is 0 Å². The zero-order valence-corrected chi connectivity index (χ0v) is 13.6. The smallest absolute Gasteiger partial charge is 0.239 e.